The number of hydrogen-bond donors (Lipinski definition) is 0. The molecule has 2 nitrogen and oxygen atoms in total. The molecule has 1 heterocycles. The van der Waals surface area contributed by atoms with Crippen molar-refractivity contribution in [3.63, 3.8) is 0 Å². The number of aryl methyl sites for hydroxylation is 1. The Morgan fingerprint density at radius 3 is 2.69 bits per heavy atom. The Morgan fingerprint density at radius 1 is 1.46 bits per heavy atom. The second-order valence-corrected chi connectivity index (χ2v) is 3.64. The third kappa shape index (κ3) is 1.27. The maximum Gasteiger partial charge on any atom is 0.135 e. The topological polar surface area (TPSA) is 26.3 Å². The highest BCUT2D eigenvalue weighted by Crippen LogP contribution is 2.30. The predicted octanol–water partition coefficient (Wildman–Crippen LogP) is 1.46. The second kappa shape index (κ2) is 2.96. The van der Waals surface area contributed by atoms with Crippen molar-refractivity contribution in [1.29, 1.82) is 0 Å². The summed E-state index contributed by atoms with van der Waals surface area (Å²) in [7, 11) is 0. The summed E-state index contributed by atoms with van der Waals surface area (Å²) >= 11 is 0. The number of ether oxygens (including phenoxy) is 1. The van der Waals surface area contributed by atoms with Crippen LogP contribution in [0.25, 0.3) is 0 Å². The molecular weight excluding hydrogens is 164 g/mol. The van der Waals surface area contributed by atoms with Gasteiger partial charge in [0.2, 0.25) is 0 Å². The Labute approximate surface area is 77.5 Å². The van der Waals surface area contributed by atoms with Gasteiger partial charge in [0.05, 0.1) is 18.6 Å². The van der Waals surface area contributed by atoms with E-state index in [1.807, 2.05) is 25.1 Å². The largest absolute Gasteiger partial charge is 0.379 e. The lowest BCUT2D eigenvalue weighted by molar-refractivity contribution is -0.129. The molecule has 1 fully saturated rings. The van der Waals surface area contributed by atoms with Crippen molar-refractivity contribution in [3.8, 4) is 0 Å². The molecule has 0 saturated carbocycles. The molecule has 1 aliphatic rings. The molecule has 2 heteroatoms. The molecule has 1 aliphatic heterocycles. The van der Waals surface area contributed by atoms with E-state index in [2.05, 4.69) is 6.07 Å². The van der Waals surface area contributed by atoms with Crippen LogP contribution in [0, 0.1) is 6.92 Å². The molecule has 0 N–H and O–H groups in total. The Kier molecular flexibility index (Phi) is 1.93. The summed E-state index contributed by atoms with van der Waals surface area (Å²) < 4.78 is 5.09. The van der Waals surface area contributed by atoms with Crippen molar-refractivity contribution in [3.05, 3.63) is 35.4 Å². The summed E-state index contributed by atoms with van der Waals surface area (Å²) in [5, 5.41) is 0. The quantitative estimate of drug-likeness (QED) is 0.638. The van der Waals surface area contributed by atoms with Crippen LogP contribution in [0.4, 0.5) is 0 Å². The number of aldehydes is 1. The van der Waals surface area contributed by atoms with E-state index in [1.165, 1.54) is 5.56 Å². The molecule has 2 rings (SSSR count). The molecule has 1 saturated heterocycles. The summed E-state index contributed by atoms with van der Waals surface area (Å²) in [5.74, 6) is 0. The predicted molar refractivity (Wildman–Crippen MR) is 49.7 cm³/mol. The van der Waals surface area contributed by atoms with E-state index in [4.69, 9.17) is 4.74 Å². The van der Waals surface area contributed by atoms with Crippen molar-refractivity contribution in [2.75, 3.05) is 13.2 Å². The van der Waals surface area contributed by atoms with Crippen molar-refractivity contribution in [2.24, 2.45) is 0 Å². The van der Waals surface area contributed by atoms with Crippen LogP contribution in [0.2, 0.25) is 0 Å². The number of hydrogen-bond acceptors (Lipinski definition) is 2. The summed E-state index contributed by atoms with van der Waals surface area (Å²) in [6, 6.07) is 8.05. The molecule has 0 aliphatic carbocycles. The summed E-state index contributed by atoms with van der Waals surface area (Å²) in [5.41, 5.74) is 1.91. The molecule has 0 radical (unpaired) electrons. The first kappa shape index (κ1) is 8.45. The van der Waals surface area contributed by atoms with Gasteiger partial charge in [0, 0.05) is 0 Å². The fourth-order valence-electron chi connectivity index (χ4n) is 1.58. The van der Waals surface area contributed by atoms with Crippen molar-refractivity contribution in [1.82, 2.24) is 0 Å². The van der Waals surface area contributed by atoms with Gasteiger partial charge in [-0.25, -0.2) is 0 Å². The summed E-state index contributed by atoms with van der Waals surface area (Å²) in [4.78, 5) is 10.9. The van der Waals surface area contributed by atoms with Crippen LogP contribution in [0.1, 0.15) is 11.1 Å². The first-order valence-electron chi connectivity index (χ1n) is 4.38. The van der Waals surface area contributed by atoms with Gasteiger partial charge in [0.1, 0.15) is 6.29 Å². The standard InChI is InChI=1S/C11H12O2/c1-9-3-2-4-10(5-9)11(6-12)7-13-8-11/h2-6H,7-8H2,1H3. The number of carbonyl (C=O) groups excluding carboxylic acids is 1. The van der Waals surface area contributed by atoms with Crippen LogP contribution in [0.3, 0.4) is 0 Å². The fraction of sp³-hybridized carbons (Fsp3) is 0.364. The number of benzene rings is 1. The lowest BCUT2D eigenvalue weighted by Gasteiger charge is -2.36. The smallest absolute Gasteiger partial charge is 0.135 e. The zero-order valence-corrected chi connectivity index (χ0v) is 7.62. The number of carbonyl (C=O) groups is 1. The minimum absolute atomic E-state index is 0.355. The zero-order chi connectivity index (χ0) is 9.31. The average Bonchev–Trinajstić information content (AvgIpc) is 2.03. The summed E-state index contributed by atoms with van der Waals surface area (Å²) in [6.07, 6.45) is 1.01. The van der Waals surface area contributed by atoms with Crippen LogP contribution in [-0.4, -0.2) is 19.5 Å². The van der Waals surface area contributed by atoms with E-state index in [0.29, 0.717) is 13.2 Å². The second-order valence-electron chi connectivity index (χ2n) is 3.64. The van der Waals surface area contributed by atoms with Crippen LogP contribution in [0.15, 0.2) is 24.3 Å². The van der Waals surface area contributed by atoms with Crippen LogP contribution >= 0.6 is 0 Å². The van der Waals surface area contributed by atoms with Crippen LogP contribution in [0.5, 0.6) is 0 Å². The highest BCUT2D eigenvalue weighted by Gasteiger charge is 2.40. The van der Waals surface area contributed by atoms with E-state index >= 15 is 0 Å². The van der Waals surface area contributed by atoms with Gasteiger partial charge in [-0.1, -0.05) is 29.8 Å². The van der Waals surface area contributed by atoms with Crippen LogP contribution in [-0.2, 0) is 14.9 Å². The van der Waals surface area contributed by atoms with Crippen molar-refractivity contribution < 1.29 is 9.53 Å². The molecule has 1 aromatic carbocycles. The average molecular weight is 176 g/mol. The van der Waals surface area contributed by atoms with E-state index in [9.17, 15) is 4.79 Å². The minimum Gasteiger partial charge on any atom is -0.379 e. The van der Waals surface area contributed by atoms with E-state index < -0.39 is 0 Å². The third-order valence-electron chi connectivity index (χ3n) is 2.54. The lowest BCUT2D eigenvalue weighted by Crippen LogP contribution is -2.48. The third-order valence-corrected chi connectivity index (χ3v) is 2.54. The maximum atomic E-state index is 10.9. The van der Waals surface area contributed by atoms with E-state index in [0.717, 1.165) is 11.8 Å². The molecule has 0 amide bonds. The minimum atomic E-state index is -0.355. The first-order chi connectivity index (χ1) is 6.27. The SMILES string of the molecule is Cc1cccc(C2(C=O)COC2)c1. The normalized spacial score (nSPS) is 19.2. The Hall–Kier alpha value is -1.15. The highest BCUT2D eigenvalue weighted by molar-refractivity contribution is 5.70. The molecule has 0 bridgehead atoms. The molecule has 0 aromatic heterocycles. The fourth-order valence-corrected chi connectivity index (χ4v) is 1.58. The van der Waals surface area contributed by atoms with Crippen molar-refractivity contribution >= 4 is 6.29 Å². The van der Waals surface area contributed by atoms with Gasteiger partial charge < -0.3 is 9.53 Å². The Balaban J connectivity index is 2.38. The molecule has 13 heavy (non-hydrogen) atoms. The van der Waals surface area contributed by atoms with Gasteiger partial charge in [-0.05, 0) is 12.5 Å². The zero-order valence-electron chi connectivity index (χ0n) is 7.62. The van der Waals surface area contributed by atoms with Gasteiger partial charge in [0.25, 0.3) is 0 Å². The first-order valence-corrected chi connectivity index (χ1v) is 4.38. The Morgan fingerprint density at radius 2 is 2.23 bits per heavy atom. The molecule has 0 spiro atoms. The molecule has 1 aromatic rings. The highest BCUT2D eigenvalue weighted by atomic mass is 16.5. The van der Waals surface area contributed by atoms with Gasteiger partial charge in [-0.2, -0.15) is 0 Å². The molecule has 0 atom stereocenters. The van der Waals surface area contributed by atoms with E-state index in [1.54, 1.807) is 0 Å². The summed E-state index contributed by atoms with van der Waals surface area (Å²) in [6.45, 7) is 3.08. The van der Waals surface area contributed by atoms with Gasteiger partial charge in [0.15, 0.2) is 0 Å². The Bertz CT molecular complexity index is 327. The number of rotatable bonds is 2. The van der Waals surface area contributed by atoms with E-state index in [-0.39, 0.29) is 5.41 Å². The van der Waals surface area contributed by atoms with Crippen molar-refractivity contribution in [2.45, 2.75) is 12.3 Å². The lowest BCUT2D eigenvalue weighted by atomic mass is 9.80. The molecule has 0 unspecified atom stereocenters. The van der Waals surface area contributed by atoms with Gasteiger partial charge in [-0.3, -0.25) is 0 Å². The van der Waals surface area contributed by atoms with Crippen LogP contribution < -0.4 is 0 Å². The van der Waals surface area contributed by atoms with Gasteiger partial charge >= 0.3 is 0 Å². The maximum absolute atomic E-state index is 10.9. The monoisotopic (exact) mass is 176 g/mol. The molecule has 68 valence electrons. The molecular formula is C11H12O2. The van der Waals surface area contributed by atoms with Gasteiger partial charge in [-0.15, -0.1) is 0 Å².